The fourth-order valence-corrected chi connectivity index (χ4v) is 4.97. The predicted octanol–water partition coefficient (Wildman–Crippen LogP) is 3.29. The van der Waals surface area contributed by atoms with Crippen LogP contribution in [0.4, 0.5) is 10.9 Å². The molecule has 1 amide bonds. The molecule has 1 saturated heterocycles. The van der Waals surface area contributed by atoms with Crippen molar-refractivity contribution in [1.29, 1.82) is 0 Å². The van der Waals surface area contributed by atoms with Gasteiger partial charge in [-0.15, -0.1) is 21.5 Å². The quantitative estimate of drug-likeness (QED) is 0.443. The molecule has 1 aliphatic heterocycles. The molecule has 1 aliphatic rings. The zero-order valence-electron chi connectivity index (χ0n) is 16.9. The molecule has 0 unspecified atom stereocenters. The Labute approximate surface area is 192 Å². The molecule has 1 N–H and O–H groups in total. The number of thiazole rings is 1. The molecule has 1 aromatic carbocycles. The van der Waals surface area contributed by atoms with Crippen molar-refractivity contribution in [2.75, 3.05) is 23.3 Å². The Morgan fingerprint density at radius 2 is 2.03 bits per heavy atom. The van der Waals surface area contributed by atoms with Crippen LogP contribution in [-0.4, -0.2) is 50.5 Å². The monoisotopic (exact) mass is 465 g/mol. The van der Waals surface area contributed by atoms with Crippen molar-refractivity contribution in [2.24, 2.45) is 0 Å². The summed E-state index contributed by atoms with van der Waals surface area (Å²) in [4.78, 5) is 19.9. The second-order valence-corrected chi connectivity index (χ2v) is 9.19. The molecule has 4 heterocycles. The normalized spacial score (nSPS) is 15.6. The van der Waals surface area contributed by atoms with E-state index in [-0.39, 0.29) is 18.4 Å². The largest absolute Gasteiger partial charge is 0.464 e. The van der Waals surface area contributed by atoms with Crippen molar-refractivity contribution in [3.05, 3.63) is 59.9 Å². The van der Waals surface area contributed by atoms with Gasteiger partial charge in [-0.05, 0) is 29.0 Å². The van der Waals surface area contributed by atoms with Crippen LogP contribution < -0.4 is 15.0 Å². The number of hydrogen-bond acceptors (Lipinski definition) is 10. The molecule has 1 atom stereocenters. The summed E-state index contributed by atoms with van der Waals surface area (Å²) in [5.41, 5.74) is 1.09. The number of carbonyl (C=O) groups excluding carboxylic acids is 1. The van der Waals surface area contributed by atoms with Crippen LogP contribution in [0.15, 0.2) is 54.9 Å². The van der Waals surface area contributed by atoms with Crippen molar-refractivity contribution >= 4 is 39.5 Å². The van der Waals surface area contributed by atoms with Crippen LogP contribution in [-0.2, 0) is 11.2 Å². The number of ether oxygens (including phenoxy) is 1. The van der Waals surface area contributed by atoms with E-state index in [1.165, 1.54) is 22.7 Å². The fraction of sp³-hybridized carbons (Fsp3) is 0.238. The average Bonchev–Trinajstić information content (AvgIpc) is 3.57. The average molecular weight is 466 g/mol. The maximum absolute atomic E-state index is 12.4. The highest BCUT2D eigenvalue weighted by Gasteiger charge is 2.26. The highest BCUT2D eigenvalue weighted by molar-refractivity contribution is 7.17. The van der Waals surface area contributed by atoms with Gasteiger partial charge in [-0.3, -0.25) is 4.79 Å². The summed E-state index contributed by atoms with van der Waals surface area (Å²) in [6.45, 7) is 1.54. The van der Waals surface area contributed by atoms with Crippen LogP contribution in [0.5, 0.6) is 5.19 Å². The highest BCUT2D eigenvalue weighted by Crippen LogP contribution is 2.28. The van der Waals surface area contributed by atoms with E-state index in [9.17, 15) is 4.79 Å². The van der Waals surface area contributed by atoms with E-state index in [4.69, 9.17) is 4.74 Å². The molecule has 3 aromatic heterocycles. The molecule has 4 aromatic rings. The SMILES string of the molecule is O=C(Cc1ncc(-c2ccccc2)s1)Nc1nnc(O[C@@H]2CCN(c3cccnn3)C2)s1. The molecule has 0 aliphatic carbocycles. The van der Waals surface area contributed by atoms with Crippen LogP contribution in [0.2, 0.25) is 0 Å². The van der Waals surface area contributed by atoms with Gasteiger partial charge in [0.15, 0.2) is 5.82 Å². The minimum absolute atomic E-state index is 0.0137. The van der Waals surface area contributed by atoms with E-state index in [2.05, 4.69) is 35.6 Å². The number of aromatic nitrogens is 5. The third kappa shape index (κ3) is 4.89. The summed E-state index contributed by atoms with van der Waals surface area (Å²) in [7, 11) is 0. The standard InChI is InChI=1S/C21H19N7O2S2/c29-18(11-19-22-12-16(31-19)14-5-2-1-3-6-14)24-20-26-27-21(32-20)30-15-8-10-28(13-15)17-7-4-9-23-25-17/h1-7,9,12,15H,8,10-11,13H2,(H,24,26,29)/t15-/m1/s1. The molecule has 11 heteroatoms. The molecule has 9 nitrogen and oxygen atoms in total. The Bertz CT molecular complexity index is 1180. The number of rotatable bonds is 7. The number of amides is 1. The third-order valence-corrected chi connectivity index (χ3v) is 6.65. The van der Waals surface area contributed by atoms with Crippen LogP contribution >= 0.6 is 22.7 Å². The van der Waals surface area contributed by atoms with Gasteiger partial charge in [0.05, 0.1) is 17.8 Å². The van der Waals surface area contributed by atoms with Crippen LogP contribution in [0.3, 0.4) is 0 Å². The lowest BCUT2D eigenvalue weighted by atomic mass is 10.2. The van der Waals surface area contributed by atoms with E-state index < -0.39 is 0 Å². The van der Waals surface area contributed by atoms with Crippen LogP contribution in [0, 0.1) is 0 Å². The number of benzene rings is 1. The van der Waals surface area contributed by atoms with E-state index in [0.29, 0.717) is 16.9 Å². The smallest absolute Gasteiger partial charge is 0.296 e. The minimum atomic E-state index is -0.184. The van der Waals surface area contributed by atoms with E-state index in [1.54, 1.807) is 12.4 Å². The number of nitrogens with one attached hydrogen (secondary N) is 1. The lowest BCUT2D eigenvalue weighted by Crippen LogP contribution is -2.25. The minimum Gasteiger partial charge on any atom is -0.464 e. The van der Waals surface area contributed by atoms with Gasteiger partial charge in [-0.2, -0.15) is 5.10 Å². The first-order chi connectivity index (χ1) is 15.7. The third-order valence-electron chi connectivity index (χ3n) is 4.87. The van der Waals surface area contributed by atoms with Gasteiger partial charge in [-0.1, -0.05) is 35.4 Å². The molecule has 32 heavy (non-hydrogen) atoms. The summed E-state index contributed by atoms with van der Waals surface area (Å²) in [5, 5.41) is 20.5. The van der Waals surface area contributed by atoms with Crippen LogP contribution in [0.25, 0.3) is 10.4 Å². The molecule has 1 fully saturated rings. The van der Waals surface area contributed by atoms with Gasteiger partial charge in [0.1, 0.15) is 11.1 Å². The van der Waals surface area contributed by atoms with Gasteiger partial charge in [-0.25, -0.2) is 4.98 Å². The summed E-state index contributed by atoms with van der Waals surface area (Å²) >= 11 is 2.72. The Morgan fingerprint density at radius 1 is 1.12 bits per heavy atom. The molecular weight excluding hydrogens is 446 g/mol. The lowest BCUT2D eigenvalue weighted by Gasteiger charge is -2.16. The van der Waals surface area contributed by atoms with E-state index in [1.807, 2.05) is 42.5 Å². The Morgan fingerprint density at radius 3 is 2.88 bits per heavy atom. The Kier molecular flexibility index (Phi) is 5.99. The van der Waals surface area contributed by atoms with Gasteiger partial charge in [0.2, 0.25) is 11.0 Å². The zero-order chi connectivity index (χ0) is 21.8. The molecule has 0 bridgehead atoms. The second kappa shape index (κ2) is 9.37. The fourth-order valence-electron chi connectivity index (χ4n) is 3.37. The molecule has 0 saturated carbocycles. The van der Waals surface area contributed by atoms with Gasteiger partial charge in [0, 0.05) is 25.4 Å². The molecule has 5 rings (SSSR count). The van der Waals surface area contributed by atoms with Gasteiger partial charge in [0.25, 0.3) is 5.19 Å². The van der Waals surface area contributed by atoms with Crippen molar-refractivity contribution in [1.82, 2.24) is 25.4 Å². The summed E-state index contributed by atoms with van der Waals surface area (Å²) in [6, 6.07) is 13.8. The van der Waals surface area contributed by atoms with E-state index >= 15 is 0 Å². The highest BCUT2D eigenvalue weighted by atomic mass is 32.1. The van der Waals surface area contributed by atoms with Crippen molar-refractivity contribution in [3.8, 4) is 15.6 Å². The van der Waals surface area contributed by atoms with Crippen LogP contribution in [0.1, 0.15) is 11.4 Å². The first kappa shape index (κ1) is 20.5. The molecule has 162 valence electrons. The first-order valence-corrected chi connectivity index (χ1v) is 11.7. The predicted molar refractivity (Wildman–Crippen MR) is 123 cm³/mol. The molecular formula is C21H19N7O2S2. The number of carbonyl (C=O) groups is 1. The van der Waals surface area contributed by atoms with Crippen molar-refractivity contribution in [2.45, 2.75) is 18.9 Å². The van der Waals surface area contributed by atoms with Crippen molar-refractivity contribution in [3.63, 3.8) is 0 Å². The van der Waals surface area contributed by atoms with Crippen molar-refractivity contribution < 1.29 is 9.53 Å². The van der Waals surface area contributed by atoms with Gasteiger partial charge < -0.3 is 15.0 Å². The maximum atomic E-state index is 12.4. The van der Waals surface area contributed by atoms with E-state index in [0.717, 1.165) is 34.2 Å². The maximum Gasteiger partial charge on any atom is 0.296 e. The topological polar surface area (TPSA) is 106 Å². The molecule has 0 radical (unpaired) electrons. The lowest BCUT2D eigenvalue weighted by molar-refractivity contribution is -0.115. The zero-order valence-corrected chi connectivity index (χ0v) is 18.6. The number of nitrogens with zero attached hydrogens (tertiary/aromatic N) is 6. The first-order valence-electron chi connectivity index (χ1n) is 10.1. The Balaban J connectivity index is 1.13. The summed E-state index contributed by atoms with van der Waals surface area (Å²) < 4.78 is 5.95. The number of hydrogen-bond donors (Lipinski definition) is 1. The van der Waals surface area contributed by atoms with Gasteiger partial charge >= 0.3 is 0 Å². The summed E-state index contributed by atoms with van der Waals surface area (Å²) in [5.74, 6) is 0.651. The second-order valence-electron chi connectivity index (χ2n) is 7.14. The number of anilines is 2. The molecule has 0 spiro atoms. The Hall–Kier alpha value is -3.44. The summed E-state index contributed by atoms with van der Waals surface area (Å²) in [6.07, 6.45) is 4.47.